The molecule has 67 heavy (non-hydrogen) atoms. The van der Waals surface area contributed by atoms with Crippen molar-refractivity contribution < 1.29 is 28.6 Å². The smallest absolute Gasteiger partial charge is 0.306 e. The van der Waals surface area contributed by atoms with E-state index in [9.17, 15) is 14.4 Å². The Kier molecular flexibility index (Phi) is 53.8. The first-order valence-electron chi connectivity index (χ1n) is 29.1. The molecule has 1 unspecified atom stereocenters. The summed E-state index contributed by atoms with van der Waals surface area (Å²) in [6.07, 6.45) is 68.6. The van der Waals surface area contributed by atoms with Gasteiger partial charge in [0.25, 0.3) is 0 Å². The van der Waals surface area contributed by atoms with Crippen LogP contribution in [0.5, 0.6) is 0 Å². The van der Waals surface area contributed by atoms with E-state index in [1.54, 1.807) is 0 Å². The molecule has 0 amide bonds. The largest absolute Gasteiger partial charge is 0.462 e. The highest BCUT2D eigenvalue weighted by Gasteiger charge is 2.19. The maximum absolute atomic E-state index is 12.8. The van der Waals surface area contributed by atoms with Crippen LogP contribution in [-0.4, -0.2) is 37.2 Å². The molecule has 0 saturated heterocycles. The average molecular weight is 940 g/mol. The van der Waals surface area contributed by atoms with Gasteiger partial charge in [0, 0.05) is 19.3 Å². The summed E-state index contributed by atoms with van der Waals surface area (Å²) in [6, 6.07) is 0. The molecule has 0 heterocycles. The lowest BCUT2D eigenvalue weighted by Gasteiger charge is -2.18. The minimum atomic E-state index is -0.775. The van der Waals surface area contributed by atoms with Crippen molar-refractivity contribution in [3.63, 3.8) is 0 Å². The Hall–Kier alpha value is -2.63. The van der Waals surface area contributed by atoms with Crippen molar-refractivity contribution in [1.82, 2.24) is 0 Å². The fourth-order valence-electron chi connectivity index (χ4n) is 8.39. The quantitative estimate of drug-likeness (QED) is 0.0262. The van der Waals surface area contributed by atoms with Crippen LogP contribution >= 0.6 is 0 Å². The van der Waals surface area contributed by atoms with E-state index in [2.05, 4.69) is 69.4 Å². The van der Waals surface area contributed by atoms with Gasteiger partial charge in [0.15, 0.2) is 6.10 Å². The summed E-state index contributed by atoms with van der Waals surface area (Å²) in [7, 11) is 0. The van der Waals surface area contributed by atoms with Crippen LogP contribution in [-0.2, 0) is 28.6 Å². The Morgan fingerprint density at radius 3 is 0.836 bits per heavy atom. The van der Waals surface area contributed by atoms with Crippen molar-refractivity contribution in [3.05, 3.63) is 48.6 Å². The van der Waals surface area contributed by atoms with Gasteiger partial charge in [-0.05, 0) is 83.5 Å². The number of ether oxygens (including phenoxy) is 3. The fourth-order valence-corrected chi connectivity index (χ4v) is 8.39. The Labute approximate surface area is 416 Å². The molecule has 0 aliphatic rings. The molecule has 0 saturated carbocycles. The van der Waals surface area contributed by atoms with E-state index in [0.717, 1.165) is 89.9 Å². The molecule has 0 aromatic heterocycles. The summed E-state index contributed by atoms with van der Waals surface area (Å²) < 4.78 is 16.7. The third-order valence-electron chi connectivity index (χ3n) is 12.8. The molecule has 390 valence electrons. The fraction of sp³-hybridized carbons (Fsp3) is 0.820. The third kappa shape index (κ3) is 54.2. The van der Waals surface area contributed by atoms with Gasteiger partial charge < -0.3 is 14.2 Å². The molecule has 0 aliphatic carbocycles. The lowest BCUT2D eigenvalue weighted by atomic mass is 10.0. The van der Waals surface area contributed by atoms with Crippen molar-refractivity contribution in [2.75, 3.05) is 13.2 Å². The predicted octanol–water partition coefficient (Wildman–Crippen LogP) is 19.4. The summed E-state index contributed by atoms with van der Waals surface area (Å²) in [5.74, 6) is -0.889. The SMILES string of the molecule is CCCCCC/C=C\C/C=C\CCCCCCCC(=O)OC(COC(=O)CCCCCCCC)COC(=O)CCCCCCCCCCCCCCCCC/C=C\C/C=C\CCCCCCC. The van der Waals surface area contributed by atoms with Gasteiger partial charge in [-0.2, -0.15) is 0 Å². The van der Waals surface area contributed by atoms with Gasteiger partial charge in [0.1, 0.15) is 13.2 Å². The van der Waals surface area contributed by atoms with E-state index in [1.165, 1.54) is 173 Å². The topological polar surface area (TPSA) is 78.9 Å². The molecule has 6 nitrogen and oxygen atoms in total. The standard InChI is InChI=1S/C61H110O6/c1-4-7-10-13-16-18-20-22-24-26-27-28-29-30-31-32-33-34-35-36-38-39-41-43-45-48-51-54-60(63)66-57-58(56-65-59(62)53-50-47-15-12-9-6-3)67-61(64)55-52-49-46-44-42-40-37-25-23-21-19-17-14-11-8-5-2/h19-22,25-27,37,58H,4-18,23-24,28-36,38-57H2,1-3H3/b21-19-,22-20-,27-26-,37-25-. The van der Waals surface area contributed by atoms with Crippen LogP contribution in [0.4, 0.5) is 0 Å². The molecule has 0 aromatic rings. The van der Waals surface area contributed by atoms with E-state index < -0.39 is 6.10 Å². The highest BCUT2D eigenvalue weighted by molar-refractivity contribution is 5.71. The second-order valence-corrected chi connectivity index (χ2v) is 19.6. The van der Waals surface area contributed by atoms with E-state index in [1.807, 2.05) is 0 Å². The Bertz CT molecular complexity index is 1170. The molecule has 6 heteroatoms. The molecule has 0 aromatic carbocycles. The Morgan fingerprint density at radius 2 is 0.537 bits per heavy atom. The highest BCUT2D eigenvalue weighted by atomic mass is 16.6. The van der Waals surface area contributed by atoms with Crippen LogP contribution < -0.4 is 0 Å². The Morgan fingerprint density at radius 1 is 0.299 bits per heavy atom. The summed E-state index contributed by atoms with van der Waals surface area (Å²) in [6.45, 7) is 6.57. The molecule has 0 aliphatic heterocycles. The molecule has 0 N–H and O–H groups in total. The molecule has 0 rings (SSSR count). The highest BCUT2D eigenvalue weighted by Crippen LogP contribution is 2.16. The van der Waals surface area contributed by atoms with Crippen LogP contribution in [0.2, 0.25) is 0 Å². The normalized spacial score (nSPS) is 12.3. The van der Waals surface area contributed by atoms with Crippen molar-refractivity contribution in [2.45, 2.75) is 309 Å². The van der Waals surface area contributed by atoms with E-state index in [4.69, 9.17) is 14.2 Å². The summed E-state index contributed by atoms with van der Waals surface area (Å²) in [5, 5.41) is 0. The maximum atomic E-state index is 12.8. The summed E-state index contributed by atoms with van der Waals surface area (Å²) in [5.41, 5.74) is 0. The Balaban J connectivity index is 4.07. The van der Waals surface area contributed by atoms with Gasteiger partial charge in [-0.1, -0.05) is 249 Å². The zero-order chi connectivity index (χ0) is 48.6. The van der Waals surface area contributed by atoms with Crippen molar-refractivity contribution in [1.29, 1.82) is 0 Å². The second-order valence-electron chi connectivity index (χ2n) is 19.6. The number of carbonyl (C=O) groups is 3. The summed E-state index contributed by atoms with van der Waals surface area (Å²) in [4.78, 5) is 37.8. The van der Waals surface area contributed by atoms with E-state index in [-0.39, 0.29) is 31.1 Å². The van der Waals surface area contributed by atoms with Crippen molar-refractivity contribution in [3.8, 4) is 0 Å². The minimum Gasteiger partial charge on any atom is -0.462 e. The molecular weight excluding hydrogens is 829 g/mol. The molecule has 0 spiro atoms. The number of rotatable bonds is 53. The number of allylic oxidation sites excluding steroid dienone is 8. The average Bonchev–Trinajstić information content (AvgIpc) is 3.33. The van der Waals surface area contributed by atoms with Gasteiger partial charge in [0.05, 0.1) is 0 Å². The third-order valence-corrected chi connectivity index (χ3v) is 12.8. The summed E-state index contributed by atoms with van der Waals surface area (Å²) >= 11 is 0. The predicted molar refractivity (Wildman–Crippen MR) is 289 cm³/mol. The molecule has 0 fully saturated rings. The monoisotopic (exact) mass is 939 g/mol. The lowest BCUT2D eigenvalue weighted by Crippen LogP contribution is -2.30. The van der Waals surface area contributed by atoms with Gasteiger partial charge in [-0.25, -0.2) is 0 Å². The maximum Gasteiger partial charge on any atom is 0.306 e. The van der Waals surface area contributed by atoms with E-state index in [0.29, 0.717) is 19.3 Å². The molecule has 0 radical (unpaired) electrons. The van der Waals surface area contributed by atoms with Gasteiger partial charge >= 0.3 is 17.9 Å². The number of esters is 3. The molecule has 0 bridgehead atoms. The van der Waals surface area contributed by atoms with Gasteiger partial charge in [-0.15, -0.1) is 0 Å². The first kappa shape index (κ1) is 64.4. The van der Waals surface area contributed by atoms with Crippen molar-refractivity contribution >= 4 is 17.9 Å². The van der Waals surface area contributed by atoms with Crippen LogP contribution in [0, 0.1) is 0 Å². The number of hydrogen-bond donors (Lipinski definition) is 0. The number of hydrogen-bond acceptors (Lipinski definition) is 6. The number of unbranched alkanes of at least 4 members (excludes halogenated alkanes) is 34. The number of carbonyl (C=O) groups excluding carboxylic acids is 3. The first-order valence-corrected chi connectivity index (χ1v) is 29.1. The van der Waals surface area contributed by atoms with Crippen LogP contribution in [0.3, 0.4) is 0 Å². The van der Waals surface area contributed by atoms with Crippen LogP contribution in [0.25, 0.3) is 0 Å². The zero-order valence-corrected chi connectivity index (χ0v) is 44.7. The van der Waals surface area contributed by atoms with Crippen LogP contribution in [0.15, 0.2) is 48.6 Å². The van der Waals surface area contributed by atoms with Gasteiger partial charge in [-0.3, -0.25) is 14.4 Å². The minimum absolute atomic E-state index is 0.0766. The lowest BCUT2D eigenvalue weighted by molar-refractivity contribution is -0.167. The molecule has 1 atom stereocenters. The zero-order valence-electron chi connectivity index (χ0n) is 44.7. The molecular formula is C61H110O6. The van der Waals surface area contributed by atoms with Gasteiger partial charge in [0.2, 0.25) is 0 Å². The van der Waals surface area contributed by atoms with E-state index >= 15 is 0 Å². The van der Waals surface area contributed by atoms with Crippen molar-refractivity contribution in [2.24, 2.45) is 0 Å². The second kappa shape index (κ2) is 56.0. The first-order chi connectivity index (χ1) is 33.0. The van der Waals surface area contributed by atoms with Crippen LogP contribution in [0.1, 0.15) is 303 Å².